The molecule has 0 radical (unpaired) electrons. The maximum atomic E-state index is 11.3. The summed E-state index contributed by atoms with van der Waals surface area (Å²) in [4.78, 5) is 34.1. The molecule has 1 rings (SSSR count). The van der Waals surface area contributed by atoms with Crippen molar-refractivity contribution in [2.45, 2.75) is 0 Å². The number of ether oxygens (including phenoxy) is 1. The number of carbonyl (C=O) groups excluding carboxylic acids is 3. The highest BCUT2D eigenvalue weighted by atomic mass is 79.9. The molecule has 0 saturated carbocycles. The van der Waals surface area contributed by atoms with Crippen molar-refractivity contribution < 1.29 is 19.1 Å². The maximum absolute atomic E-state index is 11.3. The average Bonchev–Trinajstić information content (AvgIpc) is 2.79. The topological polar surface area (TPSA) is 84.5 Å². The highest BCUT2D eigenvalue weighted by Crippen LogP contribution is 2.22. The van der Waals surface area contributed by atoms with E-state index in [1.165, 1.54) is 24.5 Å². The van der Waals surface area contributed by atoms with Crippen LogP contribution in [0.5, 0.6) is 0 Å². The minimum Gasteiger partial charge on any atom is -0.452 e. The van der Waals surface area contributed by atoms with Crippen molar-refractivity contribution in [1.29, 1.82) is 0 Å². The third kappa shape index (κ3) is 6.16. The molecule has 2 N–H and O–H groups in total. The molecular weight excluding hydrogens is 336 g/mol. The number of carbonyl (C=O) groups is 3. The molecule has 0 atom stereocenters. The van der Waals surface area contributed by atoms with Crippen molar-refractivity contribution in [3.8, 4) is 0 Å². The van der Waals surface area contributed by atoms with Gasteiger partial charge in [0, 0.05) is 18.0 Å². The van der Waals surface area contributed by atoms with Crippen molar-refractivity contribution in [3.63, 3.8) is 0 Å². The van der Waals surface area contributed by atoms with Crippen LogP contribution in [-0.4, -0.2) is 31.6 Å². The fourth-order valence-electron chi connectivity index (χ4n) is 0.978. The first-order valence-corrected chi connectivity index (χ1v) is 6.74. The van der Waals surface area contributed by atoms with Gasteiger partial charge in [-0.3, -0.25) is 10.1 Å². The lowest BCUT2D eigenvalue weighted by Crippen LogP contribution is -2.39. The van der Waals surface area contributed by atoms with Gasteiger partial charge in [0.25, 0.3) is 5.91 Å². The number of rotatable bonds is 4. The Bertz CT molecular complexity index is 513. The van der Waals surface area contributed by atoms with Gasteiger partial charge in [-0.15, -0.1) is 11.3 Å². The predicted octanol–water partition coefficient (Wildman–Crippen LogP) is 1.52. The van der Waals surface area contributed by atoms with E-state index in [-0.39, 0.29) is 0 Å². The van der Waals surface area contributed by atoms with E-state index < -0.39 is 24.5 Å². The van der Waals surface area contributed by atoms with Crippen LogP contribution in [0.2, 0.25) is 0 Å². The van der Waals surface area contributed by atoms with E-state index >= 15 is 0 Å². The molecule has 0 saturated heterocycles. The summed E-state index contributed by atoms with van der Waals surface area (Å²) in [6.45, 7) is -0.509. The number of nitrogens with one attached hydrogen (secondary N) is 2. The molecule has 0 aliphatic carbocycles. The van der Waals surface area contributed by atoms with Crippen LogP contribution >= 0.6 is 27.3 Å². The SMILES string of the molecule is CNC(=O)NC(=O)COC(=O)/C=C/c1ccc(Br)s1. The highest BCUT2D eigenvalue weighted by molar-refractivity contribution is 9.11. The smallest absolute Gasteiger partial charge is 0.331 e. The highest BCUT2D eigenvalue weighted by Gasteiger charge is 2.07. The zero-order valence-electron chi connectivity index (χ0n) is 9.94. The minimum absolute atomic E-state index is 0.509. The maximum Gasteiger partial charge on any atom is 0.331 e. The van der Waals surface area contributed by atoms with Gasteiger partial charge in [0.1, 0.15) is 0 Å². The van der Waals surface area contributed by atoms with Crippen LogP contribution in [0, 0.1) is 0 Å². The van der Waals surface area contributed by atoms with Crippen LogP contribution in [0.3, 0.4) is 0 Å². The summed E-state index contributed by atoms with van der Waals surface area (Å²) in [5.41, 5.74) is 0. The lowest BCUT2D eigenvalue weighted by molar-refractivity contribution is -0.143. The molecule has 0 unspecified atom stereocenters. The van der Waals surface area contributed by atoms with Gasteiger partial charge in [-0.25, -0.2) is 9.59 Å². The standard InChI is InChI=1S/C11H11BrN2O4S/c1-13-11(17)14-9(15)6-18-10(16)5-3-7-2-4-8(12)19-7/h2-5H,6H2,1H3,(H2,13,14,15,17)/b5-3+. The molecule has 1 aromatic rings. The summed E-state index contributed by atoms with van der Waals surface area (Å²) < 4.78 is 5.60. The fraction of sp³-hybridized carbons (Fsp3) is 0.182. The summed E-state index contributed by atoms with van der Waals surface area (Å²) >= 11 is 4.75. The van der Waals surface area contributed by atoms with Crippen LogP contribution < -0.4 is 10.6 Å². The van der Waals surface area contributed by atoms with Gasteiger partial charge >= 0.3 is 12.0 Å². The third-order valence-corrected chi connectivity index (χ3v) is 3.39. The molecule has 0 aromatic carbocycles. The van der Waals surface area contributed by atoms with Crippen LogP contribution in [0.4, 0.5) is 4.79 Å². The fourth-order valence-corrected chi connectivity index (χ4v) is 2.30. The second kappa shape index (κ2) is 7.70. The van der Waals surface area contributed by atoms with Gasteiger partial charge < -0.3 is 10.1 Å². The number of hydrogen-bond acceptors (Lipinski definition) is 5. The summed E-state index contributed by atoms with van der Waals surface area (Å²) in [6, 6.07) is 3.03. The molecule has 1 aromatic heterocycles. The summed E-state index contributed by atoms with van der Waals surface area (Å²) in [6.07, 6.45) is 2.79. The molecular formula is C11H11BrN2O4S. The molecule has 102 valence electrons. The number of urea groups is 1. The number of esters is 1. The Morgan fingerprint density at radius 1 is 1.42 bits per heavy atom. The lowest BCUT2D eigenvalue weighted by atomic mass is 10.4. The van der Waals surface area contributed by atoms with Gasteiger partial charge in [0.15, 0.2) is 6.61 Å². The molecule has 8 heteroatoms. The minimum atomic E-state index is -0.694. The summed E-state index contributed by atoms with van der Waals surface area (Å²) in [7, 11) is 1.37. The summed E-state index contributed by atoms with van der Waals surface area (Å²) in [5.74, 6) is -1.35. The number of thiophene rings is 1. The van der Waals surface area contributed by atoms with Gasteiger partial charge in [-0.2, -0.15) is 0 Å². The Balaban J connectivity index is 2.33. The van der Waals surface area contributed by atoms with E-state index in [4.69, 9.17) is 0 Å². The van der Waals surface area contributed by atoms with E-state index in [2.05, 4.69) is 26.0 Å². The van der Waals surface area contributed by atoms with Gasteiger partial charge in [0.05, 0.1) is 3.79 Å². The second-order valence-corrected chi connectivity index (χ2v) is 5.70. The van der Waals surface area contributed by atoms with Crippen LogP contribution in [0.25, 0.3) is 6.08 Å². The number of hydrogen-bond donors (Lipinski definition) is 2. The zero-order chi connectivity index (χ0) is 14.3. The Kier molecular flexibility index (Phi) is 6.23. The van der Waals surface area contributed by atoms with E-state index in [9.17, 15) is 14.4 Å². The molecule has 0 spiro atoms. The third-order valence-electron chi connectivity index (χ3n) is 1.80. The van der Waals surface area contributed by atoms with Crippen molar-refractivity contribution in [2.75, 3.05) is 13.7 Å². The molecule has 3 amide bonds. The van der Waals surface area contributed by atoms with E-state index in [1.54, 1.807) is 6.08 Å². The Morgan fingerprint density at radius 3 is 2.74 bits per heavy atom. The van der Waals surface area contributed by atoms with Crippen molar-refractivity contribution in [1.82, 2.24) is 10.6 Å². The normalized spacial score (nSPS) is 10.2. The lowest BCUT2D eigenvalue weighted by Gasteiger charge is -2.02. The first-order valence-electron chi connectivity index (χ1n) is 5.13. The molecule has 0 aliphatic heterocycles. The predicted molar refractivity (Wildman–Crippen MR) is 74.6 cm³/mol. The van der Waals surface area contributed by atoms with Gasteiger partial charge in [0.2, 0.25) is 0 Å². The average molecular weight is 347 g/mol. The van der Waals surface area contributed by atoms with Crippen LogP contribution in [0.15, 0.2) is 22.0 Å². The Hall–Kier alpha value is -1.67. The van der Waals surface area contributed by atoms with E-state index in [0.717, 1.165) is 8.66 Å². The first kappa shape index (κ1) is 15.4. The Labute approximate surface area is 122 Å². The second-order valence-electron chi connectivity index (χ2n) is 3.21. The van der Waals surface area contributed by atoms with Crippen LogP contribution in [0.1, 0.15) is 4.88 Å². The van der Waals surface area contributed by atoms with Crippen molar-refractivity contribution in [2.24, 2.45) is 0 Å². The molecule has 1 heterocycles. The molecule has 19 heavy (non-hydrogen) atoms. The molecule has 0 aliphatic rings. The largest absolute Gasteiger partial charge is 0.452 e. The Morgan fingerprint density at radius 2 is 2.16 bits per heavy atom. The molecule has 6 nitrogen and oxygen atoms in total. The van der Waals surface area contributed by atoms with Gasteiger partial charge in [-0.1, -0.05) is 0 Å². The number of halogens is 1. The molecule has 0 bridgehead atoms. The number of imide groups is 1. The van der Waals surface area contributed by atoms with E-state index in [1.807, 2.05) is 17.4 Å². The zero-order valence-corrected chi connectivity index (χ0v) is 12.3. The quantitative estimate of drug-likeness (QED) is 0.639. The monoisotopic (exact) mass is 346 g/mol. The number of amides is 3. The van der Waals surface area contributed by atoms with Crippen LogP contribution in [-0.2, 0) is 14.3 Å². The van der Waals surface area contributed by atoms with Crippen molar-refractivity contribution >= 4 is 51.3 Å². The van der Waals surface area contributed by atoms with Crippen molar-refractivity contribution in [3.05, 3.63) is 26.9 Å². The molecule has 0 fully saturated rings. The van der Waals surface area contributed by atoms with E-state index in [0.29, 0.717) is 0 Å². The summed E-state index contributed by atoms with van der Waals surface area (Å²) in [5, 5.41) is 4.17. The van der Waals surface area contributed by atoms with Gasteiger partial charge in [-0.05, 0) is 34.1 Å². The first-order chi connectivity index (χ1) is 9.01.